The van der Waals surface area contributed by atoms with E-state index in [0.717, 1.165) is 21.6 Å². The SMILES string of the molecule is CSc1cnc2cc(C(=O)/C=C/c3cc(C)c(OC(C)(C)C(=O)O)c(C)c3)oc2c1. The van der Waals surface area contributed by atoms with Gasteiger partial charge in [0, 0.05) is 17.2 Å². The third kappa shape index (κ3) is 4.57. The number of benzene rings is 1. The maximum Gasteiger partial charge on any atom is 0.347 e. The molecule has 0 aliphatic rings. The van der Waals surface area contributed by atoms with Crippen molar-refractivity contribution in [2.24, 2.45) is 0 Å². The Balaban J connectivity index is 1.82. The van der Waals surface area contributed by atoms with Crippen LogP contribution < -0.4 is 4.74 Å². The zero-order valence-corrected chi connectivity index (χ0v) is 18.3. The Morgan fingerprint density at radius 2 is 1.83 bits per heavy atom. The molecule has 0 radical (unpaired) electrons. The maximum absolute atomic E-state index is 12.5. The predicted molar refractivity (Wildman–Crippen MR) is 117 cm³/mol. The number of hydrogen-bond donors (Lipinski definition) is 1. The number of thioether (sulfide) groups is 1. The average Bonchev–Trinajstić information content (AvgIpc) is 3.12. The second-order valence-electron chi connectivity index (χ2n) is 7.47. The Morgan fingerprint density at radius 1 is 1.17 bits per heavy atom. The number of fused-ring (bicyclic) bond motifs is 1. The summed E-state index contributed by atoms with van der Waals surface area (Å²) in [4.78, 5) is 29.1. The van der Waals surface area contributed by atoms with E-state index in [1.807, 2.05) is 38.3 Å². The number of rotatable bonds is 7. The highest BCUT2D eigenvalue weighted by Crippen LogP contribution is 2.29. The van der Waals surface area contributed by atoms with Crippen molar-refractivity contribution in [3.63, 3.8) is 0 Å². The molecule has 0 atom stereocenters. The highest BCUT2D eigenvalue weighted by atomic mass is 32.2. The molecule has 1 aromatic carbocycles. The Bertz CT molecular complexity index is 1140. The van der Waals surface area contributed by atoms with E-state index in [1.165, 1.54) is 19.9 Å². The van der Waals surface area contributed by atoms with Gasteiger partial charge in [0.05, 0.1) is 0 Å². The number of carbonyl (C=O) groups is 2. The van der Waals surface area contributed by atoms with Crippen LogP contribution in [0.5, 0.6) is 5.75 Å². The molecular formula is C23H23NO5S. The summed E-state index contributed by atoms with van der Waals surface area (Å²) in [5.41, 5.74) is 2.25. The van der Waals surface area contributed by atoms with Crippen LogP contribution in [0, 0.1) is 13.8 Å². The third-order valence-corrected chi connectivity index (χ3v) is 5.30. The monoisotopic (exact) mass is 425 g/mol. The first-order valence-electron chi connectivity index (χ1n) is 9.30. The number of carboxylic acids is 1. The van der Waals surface area contributed by atoms with Gasteiger partial charge in [-0.1, -0.05) is 6.08 Å². The average molecular weight is 426 g/mol. The van der Waals surface area contributed by atoms with E-state index in [1.54, 1.807) is 30.1 Å². The van der Waals surface area contributed by atoms with E-state index in [2.05, 4.69) is 4.98 Å². The molecule has 0 fully saturated rings. The summed E-state index contributed by atoms with van der Waals surface area (Å²) in [7, 11) is 0. The number of carboxylic acid groups (broad SMARTS) is 1. The van der Waals surface area contributed by atoms with Gasteiger partial charge in [-0.25, -0.2) is 4.79 Å². The first-order valence-corrected chi connectivity index (χ1v) is 10.5. The molecule has 0 bridgehead atoms. The Kier molecular flexibility index (Phi) is 6.03. The van der Waals surface area contributed by atoms with E-state index >= 15 is 0 Å². The summed E-state index contributed by atoms with van der Waals surface area (Å²) in [6.07, 6.45) is 6.84. The molecule has 30 heavy (non-hydrogen) atoms. The lowest BCUT2D eigenvalue weighted by atomic mass is 10.0. The molecule has 2 aromatic heterocycles. The molecule has 0 unspecified atom stereocenters. The molecule has 2 heterocycles. The normalized spacial score (nSPS) is 11.9. The Hall–Kier alpha value is -3.06. The number of allylic oxidation sites excluding steroid dienone is 1. The maximum atomic E-state index is 12.5. The number of aliphatic carboxylic acids is 1. The second-order valence-corrected chi connectivity index (χ2v) is 8.35. The van der Waals surface area contributed by atoms with E-state index in [4.69, 9.17) is 9.15 Å². The van der Waals surface area contributed by atoms with Gasteiger partial charge in [-0.3, -0.25) is 9.78 Å². The minimum absolute atomic E-state index is 0.226. The number of carbonyl (C=O) groups excluding carboxylic acids is 1. The van der Waals surface area contributed by atoms with Crippen molar-refractivity contribution < 1.29 is 23.8 Å². The fraction of sp³-hybridized carbons (Fsp3) is 0.261. The third-order valence-electron chi connectivity index (χ3n) is 4.61. The lowest BCUT2D eigenvalue weighted by molar-refractivity contribution is -0.152. The van der Waals surface area contributed by atoms with Gasteiger partial charge >= 0.3 is 5.97 Å². The van der Waals surface area contributed by atoms with Crippen LogP contribution >= 0.6 is 11.8 Å². The molecule has 0 aliphatic heterocycles. The van der Waals surface area contributed by atoms with Crippen LogP contribution in [0.4, 0.5) is 0 Å². The molecule has 156 valence electrons. The summed E-state index contributed by atoms with van der Waals surface area (Å²) in [5.74, 6) is -0.551. The molecule has 3 rings (SSSR count). The quantitative estimate of drug-likeness (QED) is 0.312. The van der Waals surface area contributed by atoms with Crippen molar-refractivity contribution in [1.82, 2.24) is 4.98 Å². The summed E-state index contributed by atoms with van der Waals surface area (Å²) < 4.78 is 11.4. The lowest BCUT2D eigenvalue weighted by Crippen LogP contribution is -2.38. The molecule has 0 amide bonds. The van der Waals surface area contributed by atoms with Gasteiger partial charge in [0.1, 0.15) is 11.3 Å². The second kappa shape index (κ2) is 8.36. The highest BCUT2D eigenvalue weighted by molar-refractivity contribution is 7.98. The Labute approximate surface area is 178 Å². The molecule has 6 nitrogen and oxygen atoms in total. The number of hydrogen-bond acceptors (Lipinski definition) is 6. The van der Waals surface area contributed by atoms with Crippen LogP contribution in [-0.2, 0) is 4.79 Å². The number of aromatic nitrogens is 1. The fourth-order valence-electron chi connectivity index (χ4n) is 2.93. The Morgan fingerprint density at radius 3 is 2.43 bits per heavy atom. The van der Waals surface area contributed by atoms with Crippen LogP contribution in [0.25, 0.3) is 17.2 Å². The summed E-state index contributed by atoms with van der Waals surface area (Å²) >= 11 is 1.55. The molecule has 0 spiro atoms. The van der Waals surface area contributed by atoms with Crippen molar-refractivity contribution >= 4 is 40.7 Å². The van der Waals surface area contributed by atoms with E-state index < -0.39 is 11.6 Å². The number of furan rings is 1. The number of ketones is 1. The van der Waals surface area contributed by atoms with Crippen molar-refractivity contribution in [3.05, 3.63) is 59.0 Å². The smallest absolute Gasteiger partial charge is 0.347 e. The molecule has 0 saturated carbocycles. The van der Waals surface area contributed by atoms with Gasteiger partial charge in [-0.05, 0) is 74.9 Å². The van der Waals surface area contributed by atoms with Crippen LogP contribution in [0.3, 0.4) is 0 Å². The van der Waals surface area contributed by atoms with E-state index in [0.29, 0.717) is 16.8 Å². The van der Waals surface area contributed by atoms with Gasteiger partial charge in [0.15, 0.2) is 16.9 Å². The van der Waals surface area contributed by atoms with Gasteiger partial charge in [-0.2, -0.15) is 0 Å². The van der Waals surface area contributed by atoms with Crippen molar-refractivity contribution in [1.29, 1.82) is 0 Å². The standard InChI is InChI=1S/C23H23NO5S/c1-13-8-15(9-14(2)21(13)29-23(3,4)22(26)27)6-7-18(25)20-11-17-19(28-20)10-16(30-5)12-24-17/h6-12H,1-5H3,(H,26,27)/b7-6+. The number of nitrogens with zero attached hydrogens (tertiary/aromatic N) is 1. The van der Waals surface area contributed by atoms with E-state index in [9.17, 15) is 14.7 Å². The zero-order valence-electron chi connectivity index (χ0n) is 17.5. The van der Waals surface area contributed by atoms with Gasteiger partial charge in [-0.15, -0.1) is 11.8 Å². The van der Waals surface area contributed by atoms with Crippen molar-refractivity contribution in [3.8, 4) is 5.75 Å². The molecular weight excluding hydrogens is 402 g/mol. The van der Waals surface area contributed by atoms with Gasteiger partial charge in [0.25, 0.3) is 0 Å². The van der Waals surface area contributed by atoms with Crippen LogP contribution in [-0.4, -0.2) is 33.7 Å². The first kappa shape index (κ1) is 21.6. The minimum atomic E-state index is -1.34. The van der Waals surface area contributed by atoms with Crippen LogP contribution in [0.15, 0.2) is 45.9 Å². The van der Waals surface area contributed by atoms with Crippen LogP contribution in [0.2, 0.25) is 0 Å². The molecule has 7 heteroatoms. The minimum Gasteiger partial charge on any atom is -0.478 e. The zero-order chi connectivity index (χ0) is 22.1. The fourth-order valence-corrected chi connectivity index (χ4v) is 3.31. The molecule has 0 aliphatic carbocycles. The number of pyridine rings is 1. The van der Waals surface area contributed by atoms with Crippen LogP contribution in [0.1, 0.15) is 41.1 Å². The summed E-state index contributed by atoms with van der Waals surface area (Å²) in [6, 6.07) is 7.18. The largest absolute Gasteiger partial charge is 0.478 e. The van der Waals surface area contributed by atoms with Crippen molar-refractivity contribution in [2.75, 3.05) is 6.26 Å². The van der Waals surface area contributed by atoms with Gasteiger partial charge < -0.3 is 14.3 Å². The number of ether oxygens (including phenoxy) is 1. The lowest BCUT2D eigenvalue weighted by Gasteiger charge is -2.24. The topological polar surface area (TPSA) is 89.6 Å². The highest BCUT2D eigenvalue weighted by Gasteiger charge is 2.30. The van der Waals surface area contributed by atoms with Crippen molar-refractivity contribution in [2.45, 2.75) is 38.2 Å². The van der Waals surface area contributed by atoms with Gasteiger partial charge in [0.2, 0.25) is 5.78 Å². The molecule has 3 aromatic rings. The first-order chi connectivity index (χ1) is 14.1. The molecule has 0 saturated heterocycles. The summed E-state index contributed by atoms with van der Waals surface area (Å²) in [5, 5.41) is 9.29. The predicted octanol–water partition coefficient (Wildman–Crippen LogP) is 5.30. The molecule has 1 N–H and O–H groups in total. The van der Waals surface area contributed by atoms with E-state index in [-0.39, 0.29) is 11.5 Å². The number of aryl methyl sites for hydroxylation is 2. The summed E-state index contributed by atoms with van der Waals surface area (Å²) in [6.45, 7) is 6.69.